The predicted octanol–water partition coefficient (Wildman–Crippen LogP) is 5.86. The first-order chi connectivity index (χ1) is 14.1. The monoisotopic (exact) mass is 372 g/mol. The smallest absolute Gasteiger partial charge is 0.0997 e. The topological polar surface area (TPSA) is 0 Å². The Kier molecular flexibility index (Phi) is 15.6. The molecule has 4 radical (unpaired) electrons. The van der Waals surface area contributed by atoms with Crippen LogP contribution in [0.4, 0.5) is 0 Å². The molecule has 0 fully saturated rings. The average molecular weight is 372 g/mol. The van der Waals surface area contributed by atoms with Gasteiger partial charge in [-0.2, -0.15) is 0 Å². The Morgan fingerprint density at radius 2 is 0.897 bits per heavy atom. The number of hydrogen-bond donors (Lipinski definition) is 0. The maximum Gasteiger partial charge on any atom is 0.191 e. The lowest BCUT2D eigenvalue weighted by Gasteiger charge is -2.03. The van der Waals surface area contributed by atoms with Gasteiger partial charge < -0.3 is 0 Å². The van der Waals surface area contributed by atoms with Crippen LogP contribution in [0.2, 0.25) is 6.82 Å². The summed E-state index contributed by atoms with van der Waals surface area (Å²) < 4.78 is 0. The van der Waals surface area contributed by atoms with E-state index in [2.05, 4.69) is 39.5 Å². The van der Waals surface area contributed by atoms with Crippen LogP contribution in [0.1, 0.15) is 0 Å². The molecular formula is C25H28B4. The quantitative estimate of drug-likeness (QED) is 0.250. The fourth-order valence-corrected chi connectivity index (χ4v) is 2.10. The van der Waals surface area contributed by atoms with Crippen LogP contribution in [0.15, 0.2) is 146 Å². The van der Waals surface area contributed by atoms with Crippen molar-refractivity contribution in [3.05, 3.63) is 146 Å². The summed E-state index contributed by atoms with van der Waals surface area (Å²) in [5, 5.41) is 0. The van der Waals surface area contributed by atoms with Crippen molar-refractivity contribution >= 4 is 28.9 Å². The fraction of sp³-hybridized carbons (Fsp3) is 0.0400. The molecule has 0 saturated carbocycles. The first-order valence-electron chi connectivity index (χ1n) is 9.36. The zero-order valence-electron chi connectivity index (χ0n) is 17.6. The SMILES string of the molecule is C=C/C=C\C=C(\[B]/C(C=C)=C/C=C(/[B]/C(C=C)=C/C=C(/[B][B]C)C=C)C=C)C=C. The third-order valence-electron chi connectivity index (χ3n) is 3.68. The lowest BCUT2D eigenvalue weighted by Crippen LogP contribution is -2.01. The summed E-state index contributed by atoms with van der Waals surface area (Å²) in [5.41, 5.74) is 4.89. The second-order valence-electron chi connectivity index (χ2n) is 5.76. The van der Waals surface area contributed by atoms with Gasteiger partial charge in [0.1, 0.15) is 7.17 Å². The van der Waals surface area contributed by atoms with Crippen molar-refractivity contribution in [1.29, 1.82) is 0 Å². The van der Waals surface area contributed by atoms with Crippen molar-refractivity contribution in [3.8, 4) is 0 Å². The van der Waals surface area contributed by atoms with E-state index < -0.39 is 0 Å². The summed E-state index contributed by atoms with van der Waals surface area (Å²) in [6.07, 6.45) is 24.5. The second-order valence-corrected chi connectivity index (χ2v) is 5.76. The van der Waals surface area contributed by atoms with Crippen LogP contribution in [0.3, 0.4) is 0 Å². The highest BCUT2D eigenvalue weighted by molar-refractivity contribution is 7.03. The van der Waals surface area contributed by atoms with Crippen molar-refractivity contribution in [3.63, 3.8) is 0 Å². The van der Waals surface area contributed by atoms with E-state index in [1.54, 1.807) is 30.4 Å². The van der Waals surface area contributed by atoms with Crippen molar-refractivity contribution in [2.24, 2.45) is 0 Å². The van der Waals surface area contributed by atoms with Gasteiger partial charge >= 0.3 is 0 Å². The van der Waals surface area contributed by atoms with Gasteiger partial charge in [-0.1, -0.05) is 153 Å². The minimum Gasteiger partial charge on any atom is -0.0997 e. The van der Waals surface area contributed by atoms with Gasteiger partial charge in [0, 0.05) is 0 Å². The molecule has 4 heteroatoms. The minimum atomic E-state index is 0.958. The van der Waals surface area contributed by atoms with Gasteiger partial charge in [-0.25, -0.2) is 0 Å². The molecule has 0 aromatic carbocycles. The third-order valence-corrected chi connectivity index (χ3v) is 3.68. The molecule has 0 saturated heterocycles. The Hall–Kier alpha value is -2.86. The number of hydrogen-bond acceptors (Lipinski definition) is 0. The molecule has 0 aliphatic heterocycles. The summed E-state index contributed by atoms with van der Waals surface area (Å²) in [4.78, 5) is 0. The van der Waals surface area contributed by atoms with E-state index in [1.807, 2.05) is 84.3 Å². The average Bonchev–Trinajstić information content (AvgIpc) is 2.75. The molecule has 0 spiro atoms. The Morgan fingerprint density at radius 1 is 0.517 bits per heavy atom. The van der Waals surface area contributed by atoms with Crippen LogP contribution in [-0.4, -0.2) is 28.9 Å². The molecule has 0 nitrogen and oxygen atoms in total. The molecule has 0 amide bonds. The maximum absolute atomic E-state index is 3.90. The van der Waals surface area contributed by atoms with Gasteiger partial charge in [-0.15, -0.1) is 0 Å². The molecule has 0 aromatic heterocycles. The molecule has 0 aromatic rings. The molecule has 0 heterocycles. The third kappa shape index (κ3) is 12.3. The van der Waals surface area contributed by atoms with Crippen molar-refractivity contribution in [1.82, 2.24) is 0 Å². The molecule has 0 N–H and O–H groups in total. The predicted molar refractivity (Wildman–Crippen MR) is 140 cm³/mol. The molecule has 0 bridgehead atoms. The lowest BCUT2D eigenvalue weighted by atomic mass is 9.37. The highest BCUT2D eigenvalue weighted by atomic mass is 13.9. The van der Waals surface area contributed by atoms with E-state index >= 15 is 0 Å². The molecular weight excluding hydrogens is 344 g/mol. The lowest BCUT2D eigenvalue weighted by molar-refractivity contribution is 1.75. The van der Waals surface area contributed by atoms with Crippen molar-refractivity contribution in [2.75, 3.05) is 0 Å². The summed E-state index contributed by atoms with van der Waals surface area (Å²) in [6.45, 7) is 25.0. The van der Waals surface area contributed by atoms with Crippen LogP contribution in [0.25, 0.3) is 0 Å². The summed E-state index contributed by atoms with van der Waals surface area (Å²) in [7, 11) is 8.00. The standard InChI is InChI=1S/C25H28B4/c1-8-14-15-16-21(9-2)27-22(10-3)17-18-23(11-4)28-24(12-5)19-20-25(13-6)29-26-7/h8-20H,1-6H2,7H3/b15-14-,21-16+,22-17+,23-18+,24-19+,25-20+. The zero-order chi connectivity index (χ0) is 21.9. The second kappa shape index (κ2) is 17.3. The highest BCUT2D eigenvalue weighted by Crippen LogP contribution is 2.08. The highest BCUT2D eigenvalue weighted by Gasteiger charge is 2.01. The van der Waals surface area contributed by atoms with E-state index in [1.165, 1.54) is 0 Å². The Labute approximate surface area is 181 Å². The van der Waals surface area contributed by atoms with Crippen LogP contribution in [0.5, 0.6) is 0 Å². The van der Waals surface area contributed by atoms with Crippen LogP contribution in [0, 0.1) is 0 Å². The Morgan fingerprint density at radius 3 is 1.24 bits per heavy atom. The fourth-order valence-electron chi connectivity index (χ4n) is 2.10. The Balaban J connectivity index is 5.49. The van der Waals surface area contributed by atoms with Gasteiger partial charge in [-0.05, 0) is 0 Å². The number of allylic oxidation sites excluding steroid dienone is 18. The summed E-state index contributed by atoms with van der Waals surface area (Å²) in [5.74, 6) is 0. The first-order valence-corrected chi connectivity index (χ1v) is 9.36. The van der Waals surface area contributed by atoms with Crippen LogP contribution < -0.4 is 0 Å². The van der Waals surface area contributed by atoms with Crippen molar-refractivity contribution in [2.45, 2.75) is 6.82 Å². The summed E-state index contributed by atoms with van der Waals surface area (Å²) >= 11 is 0. The maximum atomic E-state index is 3.90. The van der Waals surface area contributed by atoms with Gasteiger partial charge in [0.05, 0.1) is 7.17 Å². The van der Waals surface area contributed by atoms with Crippen LogP contribution in [-0.2, 0) is 0 Å². The molecule has 0 aliphatic carbocycles. The molecule has 0 aliphatic rings. The van der Waals surface area contributed by atoms with Gasteiger partial charge in [0.2, 0.25) is 0 Å². The summed E-state index contributed by atoms with van der Waals surface area (Å²) in [6, 6.07) is 0. The minimum absolute atomic E-state index is 0.958. The van der Waals surface area contributed by atoms with E-state index in [4.69, 9.17) is 0 Å². The van der Waals surface area contributed by atoms with E-state index in [0.29, 0.717) is 0 Å². The Bertz CT molecular complexity index is 784. The molecule has 140 valence electrons. The molecule has 0 unspecified atom stereocenters. The molecule has 29 heavy (non-hydrogen) atoms. The van der Waals surface area contributed by atoms with Gasteiger partial charge in [0.25, 0.3) is 0 Å². The number of rotatable bonds is 15. The van der Waals surface area contributed by atoms with Gasteiger partial charge in [-0.3, -0.25) is 0 Å². The van der Waals surface area contributed by atoms with Crippen LogP contribution >= 0.6 is 0 Å². The van der Waals surface area contributed by atoms with Gasteiger partial charge in [0.15, 0.2) is 14.6 Å². The van der Waals surface area contributed by atoms with E-state index in [-0.39, 0.29) is 0 Å². The van der Waals surface area contributed by atoms with E-state index in [0.717, 1.165) is 27.4 Å². The zero-order valence-corrected chi connectivity index (χ0v) is 17.6. The molecule has 0 rings (SSSR count). The first kappa shape index (κ1) is 26.1. The normalized spacial score (nSPS) is 13.3. The van der Waals surface area contributed by atoms with E-state index in [9.17, 15) is 0 Å². The molecule has 0 atom stereocenters. The largest absolute Gasteiger partial charge is 0.191 e. The van der Waals surface area contributed by atoms with Crippen molar-refractivity contribution < 1.29 is 0 Å².